The number of nitrogens with zero attached hydrogens (tertiary/aromatic N) is 1. The Morgan fingerprint density at radius 3 is 2.59 bits per heavy atom. The molecule has 1 aromatic heterocycles. The Bertz CT molecular complexity index is 1060. The van der Waals surface area contributed by atoms with E-state index in [1.54, 1.807) is 37.4 Å². The molecular formula is C21H18Cl2N2O3S. The van der Waals surface area contributed by atoms with E-state index in [-0.39, 0.29) is 16.3 Å². The number of anilines is 1. The van der Waals surface area contributed by atoms with E-state index in [2.05, 4.69) is 10.3 Å². The van der Waals surface area contributed by atoms with Gasteiger partial charge in [-0.25, -0.2) is 0 Å². The number of hydrogen-bond donors (Lipinski definition) is 2. The number of carbonyl (C=O) groups excluding carboxylic acids is 1. The molecule has 0 aliphatic heterocycles. The molecule has 5 nitrogen and oxygen atoms in total. The van der Waals surface area contributed by atoms with Crippen LogP contribution in [-0.2, 0) is 10.8 Å². The second kappa shape index (κ2) is 9.50. The van der Waals surface area contributed by atoms with Crippen molar-refractivity contribution in [1.82, 2.24) is 4.98 Å². The number of nitrogens with one attached hydrogen (secondary N) is 1. The average molecular weight is 449 g/mol. The van der Waals surface area contributed by atoms with Crippen LogP contribution in [0.1, 0.15) is 17.3 Å². The smallest absolute Gasteiger partial charge is 0.257 e. The number of aliphatic hydroxyl groups is 1. The maximum atomic E-state index is 12.7. The highest BCUT2D eigenvalue weighted by atomic mass is 35.5. The first-order valence-electron chi connectivity index (χ1n) is 8.73. The third-order valence-electron chi connectivity index (χ3n) is 4.01. The normalized spacial score (nSPS) is 13.0. The molecule has 0 bridgehead atoms. The van der Waals surface area contributed by atoms with Gasteiger partial charge in [0.15, 0.2) is 0 Å². The second-order valence-electron chi connectivity index (χ2n) is 6.37. The van der Waals surface area contributed by atoms with Gasteiger partial charge >= 0.3 is 0 Å². The van der Waals surface area contributed by atoms with Crippen molar-refractivity contribution < 1.29 is 14.1 Å². The van der Waals surface area contributed by atoms with Crippen LogP contribution in [0.5, 0.6) is 0 Å². The molecule has 0 radical (unpaired) electrons. The quantitative estimate of drug-likeness (QED) is 0.567. The van der Waals surface area contributed by atoms with Crippen LogP contribution in [0.3, 0.4) is 0 Å². The predicted molar refractivity (Wildman–Crippen MR) is 117 cm³/mol. The first-order chi connectivity index (χ1) is 13.8. The lowest BCUT2D eigenvalue weighted by atomic mass is 10.1. The number of carbonyl (C=O) groups is 1. The maximum Gasteiger partial charge on any atom is 0.257 e. The summed E-state index contributed by atoms with van der Waals surface area (Å²) in [5, 5.41) is 12.9. The van der Waals surface area contributed by atoms with Crippen molar-refractivity contribution in [1.29, 1.82) is 0 Å². The van der Waals surface area contributed by atoms with Crippen LogP contribution < -0.4 is 5.32 Å². The third-order valence-corrected chi connectivity index (χ3v) is 6.21. The molecule has 1 heterocycles. The zero-order valence-electron chi connectivity index (χ0n) is 15.4. The van der Waals surface area contributed by atoms with Crippen molar-refractivity contribution in [3.8, 4) is 11.3 Å². The zero-order valence-corrected chi connectivity index (χ0v) is 17.8. The molecule has 0 spiro atoms. The topological polar surface area (TPSA) is 79.3 Å². The number of aliphatic hydroxyl groups excluding tert-OH is 1. The summed E-state index contributed by atoms with van der Waals surface area (Å²) in [6, 6.07) is 15.2. The van der Waals surface area contributed by atoms with Gasteiger partial charge in [-0.2, -0.15) is 0 Å². The molecule has 2 unspecified atom stereocenters. The predicted octanol–water partition coefficient (Wildman–Crippen LogP) is 4.80. The number of benzene rings is 2. The zero-order chi connectivity index (χ0) is 21.0. The van der Waals surface area contributed by atoms with Gasteiger partial charge in [-0.15, -0.1) is 0 Å². The molecule has 0 aliphatic carbocycles. The van der Waals surface area contributed by atoms with Crippen molar-refractivity contribution in [2.45, 2.75) is 17.9 Å². The van der Waals surface area contributed by atoms with Gasteiger partial charge in [0.05, 0.1) is 44.0 Å². The van der Waals surface area contributed by atoms with Gasteiger partial charge in [0.1, 0.15) is 0 Å². The van der Waals surface area contributed by atoms with Crippen molar-refractivity contribution in [3.05, 3.63) is 76.4 Å². The number of amides is 1. The first-order valence-corrected chi connectivity index (χ1v) is 10.8. The van der Waals surface area contributed by atoms with Crippen molar-refractivity contribution >= 4 is 45.6 Å². The molecule has 2 aromatic carbocycles. The summed E-state index contributed by atoms with van der Waals surface area (Å²) >= 11 is 12.5. The van der Waals surface area contributed by atoms with Crippen molar-refractivity contribution in [2.24, 2.45) is 0 Å². The summed E-state index contributed by atoms with van der Waals surface area (Å²) in [5.41, 5.74) is 2.17. The molecule has 0 fully saturated rings. The molecule has 8 heteroatoms. The van der Waals surface area contributed by atoms with Crippen molar-refractivity contribution in [3.63, 3.8) is 0 Å². The van der Waals surface area contributed by atoms with Crippen LogP contribution in [0.25, 0.3) is 11.3 Å². The van der Waals surface area contributed by atoms with Crippen LogP contribution in [-0.4, -0.2) is 32.1 Å². The first kappa shape index (κ1) is 21.5. The molecule has 1 amide bonds. The Morgan fingerprint density at radius 2 is 1.93 bits per heavy atom. The fraction of sp³-hybridized carbons (Fsp3) is 0.143. The summed E-state index contributed by atoms with van der Waals surface area (Å²) in [7, 11) is -1.40. The monoisotopic (exact) mass is 448 g/mol. The standard InChI is InChI=1S/C21H18Cl2N2O3S/c1-13(26)12-29(28)15-6-7-16(19(23)11-15)21(27)25-14-5-8-18(22)17(10-14)20-4-2-3-9-24-20/h2-11,13,26H,12H2,1H3,(H,25,27). The Hall–Kier alpha value is -2.25. The van der Waals surface area contributed by atoms with Gasteiger partial charge < -0.3 is 10.4 Å². The minimum absolute atomic E-state index is 0.100. The molecule has 29 heavy (non-hydrogen) atoms. The second-order valence-corrected chi connectivity index (χ2v) is 8.68. The molecule has 3 rings (SSSR count). The van der Waals surface area contributed by atoms with Crippen LogP contribution >= 0.6 is 23.2 Å². The summed E-state index contributed by atoms with van der Waals surface area (Å²) in [6.07, 6.45) is 0.968. The molecule has 150 valence electrons. The number of rotatable bonds is 6. The van der Waals surface area contributed by atoms with E-state index in [0.717, 1.165) is 0 Å². The highest BCUT2D eigenvalue weighted by molar-refractivity contribution is 7.85. The van der Waals surface area contributed by atoms with Gasteiger partial charge in [-0.1, -0.05) is 29.3 Å². The minimum atomic E-state index is -1.40. The van der Waals surface area contributed by atoms with Gasteiger partial charge in [-0.05, 0) is 55.5 Å². The van der Waals surface area contributed by atoms with Crippen molar-refractivity contribution in [2.75, 3.05) is 11.1 Å². The molecule has 2 N–H and O–H groups in total. The Balaban J connectivity index is 1.81. The Morgan fingerprint density at radius 1 is 1.14 bits per heavy atom. The van der Waals surface area contributed by atoms with Gasteiger partial charge in [0.25, 0.3) is 5.91 Å². The minimum Gasteiger partial charge on any atom is -0.392 e. The maximum absolute atomic E-state index is 12.7. The summed E-state index contributed by atoms with van der Waals surface area (Å²) in [4.78, 5) is 17.4. The highest BCUT2D eigenvalue weighted by Gasteiger charge is 2.15. The Labute approximate surface area is 181 Å². The summed E-state index contributed by atoms with van der Waals surface area (Å²) < 4.78 is 12.2. The van der Waals surface area contributed by atoms with Crippen LogP contribution in [0.2, 0.25) is 10.0 Å². The van der Waals surface area contributed by atoms with E-state index in [1.807, 2.05) is 18.2 Å². The van der Waals surface area contributed by atoms with Crippen LogP contribution in [0, 0.1) is 0 Å². The molecule has 0 saturated carbocycles. The fourth-order valence-electron chi connectivity index (χ4n) is 2.66. The van der Waals surface area contributed by atoms with E-state index in [4.69, 9.17) is 23.2 Å². The van der Waals surface area contributed by atoms with E-state index in [0.29, 0.717) is 26.9 Å². The average Bonchev–Trinajstić information content (AvgIpc) is 2.69. The molecule has 0 aliphatic rings. The summed E-state index contributed by atoms with van der Waals surface area (Å²) in [5.74, 6) is -0.305. The number of aromatic nitrogens is 1. The van der Waals surface area contributed by atoms with Crippen LogP contribution in [0.4, 0.5) is 5.69 Å². The highest BCUT2D eigenvalue weighted by Crippen LogP contribution is 2.30. The largest absolute Gasteiger partial charge is 0.392 e. The van der Waals surface area contributed by atoms with Gasteiger partial charge in [0.2, 0.25) is 0 Å². The lowest BCUT2D eigenvalue weighted by Gasteiger charge is -2.11. The number of pyridine rings is 1. The lowest BCUT2D eigenvalue weighted by molar-refractivity contribution is 0.102. The van der Waals surface area contributed by atoms with E-state index in [1.165, 1.54) is 12.1 Å². The fourth-order valence-corrected chi connectivity index (χ4v) is 4.30. The number of halogens is 2. The van der Waals surface area contributed by atoms with E-state index >= 15 is 0 Å². The SMILES string of the molecule is CC(O)CS(=O)c1ccc(C(=O)Nc2ccc(Cl)c(-c3ccccn3)c2)c(Cl)c1. The van der Waals surface area contributed by atoms with E-state index < -0.39 is 22.8 Å². The molecule has 2 atom stereocenters. The number of hydrogen-bond acceptors (Lipinski definition) is 4. The Kier molecular flexibility index (Phi) is 7.03. The van der Waals surface area contributed by atoms with Gasteiger partial charge in [-0.3, -0.25) is 14.0 Å². The van der Waals surface area contributed by atoms with E-state index in [9.17, 15) is 14.1 Å². The van der Waals surface area contributed by atoms with Crippen LogP contribution in [0.15, 0.2) is 65.7 Å². The third kappa shape index (κ3) is 5.42. The van der Waals surface area contributed by atoms with Gasteiger partial charge in [0, 0.05) is 22.3 Å². The lowest BCUT2D eigenvalue weighted by Crippen LogP contribution is -2.14. The summed E-state index contributed by atoms with van der Waals surface area (Å²) in [6.45, 7) is 1.56. The molecule has 3 aromatic rings. The molecule has 0 saturated heterocycles. The molecular weight excluding hydrogens is 431 g/mol.